The number of nitrogens with zero attached hydrogens (tertiary/aromatic N) is 1. The number of hydrogen-bond donors (Lipinski definition) is 2. The molecule has 0 spiro atoms. The average molecular weight is 215 g/mol. The van der Waals surface area contributed by atoms with E-state index in [0.29, 0.717) is 11.7 Å². The van der Waals surface area contributed by atoms with Gasteiger partial charge in [0.15, 0.2) is 0 Å². The van der Waals surface area contributed by atoms with Gasteiger partial charge in [-0.2, -0.15) is 5.10 Å². The van der Waals surface area contributed by atoms with Crippen molar-refractivity contribution in [3.8, 4) is 11.1 Å². The van der Waals surface area contributed by atoms with Crippen LogP contribution in [-0.2, 0) is 4.74 Å². The molecule has 1 fully saturated rings. The van der Waals surface area contributed by atoms with Crippen LogP contribution in [0.25, 0.3) is 11.1 Å². The minimum Gasteiger partial charge on any atom is -0.384 e. The highest BCUT2D eigenvalue weighted by molar-refractivity contribution is 5.73. The molecular formula is C12H13N3O. The van der Waals surface area contributed by atoms with E-state index in [4.69, 9.17) is 10.5 Å². The third-order valence-corrected chi connectivity index (χ3v) is 2.98. The van der Waals surface area contributed by atoms with Gasteiger partial charge in [-0.1, -0.05) is 24.3 Å². The number of anilines is 1. The summed E-state index contributed by atoms with van der Waals surface area (Å²) < 4.78 is 5.20. The van der Waals surface area contributed by atoms with Gasteiger partial charge in [0, 0.05) is 11.5 Å². The predicted molar refractivity (Wildman–Crippen MR) is 62.0 cm³/mol. The van der Waals surface area contributed by atoms with E-state index < -0.39 is 0 Å². The van der Waals surface area contributed by atoms with E-state index in [-0.39, 0.29) is 0 Å². The summed E-state index contributed by atoms with van der Waals surface area (Å²) in [6.45, 7) is 1.65. The second kappa shape index (κ2) is 3.64. The van der Waals surface area contributed by atoms with Gasteiger partial charge in [0.1, 0.15) is 5.82 Å². The van der Waals surface area contributed by atoms with Crippen LogP contribution in [0.5, 0.6) is 0 Å². The summed E-state index contributed by atoms with van der Waals surface area (Å²) in [6, 6.07) is 8.39. The monoisotopic (exact) mass is 215 g/mol. The van der Waals surface area contributed by atoms with E-state index in [9.17, 15) is 0 Å². The van der Waals surface area contributed by atoms with Crippen molar-refractivity contribution < 1.29 is 4.74 Å². The number of aromatic amines is 1. The molecule has 1 aliphatic heterocycles. The SMILES string of the molecule is Nc1[nH]ncc1-c1cccc(C2COC2)c1. The summed E-state index contributed by atoms with van der Waals surface area (Å²) in [5, 5.41) is 6.68. The van der Waals surface area contributed by atoms with Crippen molar-refractivity contribution in [1.29, 1.82) is 0 Å². The molecule has 4 heteroatoms. The van der Waals surface area contributed by atoms with Crippen LogP contribution < -0.4 is 5.73 Å². The van der Waals surface area contributed by atoms with Gasteiger partial charge in [-0.3, -0.25) is 5.10 Å². The molecule has 0 saturated carbocycles. The Morgan fingerprint density at radius 3 is 2.88 bits per heavy atom. The van der Waals surface area contributed by atoms with Gasteiger partial charge in [-0.05, 0) is 11.1 Å². The molecule has 4 nitrogen and oxygen atoms in total. The van der Waals surface area contributed by atoms with Gasteiger partial charge in [0.25, 0.3) is 0 Å². The summed E-state index contributed by atoms with van der Waals surface area (Å²) in [7, 11) is 0. The first-order valence-corrected chi connectivity index (χ1v) is 5.31. The van der Waals surface area contributed by atoms with Crippen molar-refractivity contribution in [2.75, 3.05) is 18.9 Å². The largest absolute Gasteiger partial charge is 0.384 e. The van der Waals surface area contributed by atoms with E-state index in [1.165, 1.54) is 5.56 Å². The van der Waals surface area contributed by atoms with E-state index in [0.717, 1.165) is 24.3 Å². The van der Waals surface area contributed by atoms with E-state index in [1.54, 1.807) is 6.20 Å². The van der Waals surface area contributed by atoms with Crippen LogP contribution in [0.3, 0.4) is 0 Å². The first-order chi connectivity index (χ1) is 7.84. The molecule has 3 N–H and O–H groups in total. The van der Waals surface area contributed by atoms with Gasteiger partial charge in [-0.25, -0.2) is 0 Å². The zero-order chi connectivity index (χ0) is 11.0. The minimum atomic E-state index is 0.535. The first kappa shape index (κ1) is 9.42. The van der Waals surface area contributed by atoms with E-state index in [2.05, 4.69) is 28.4 Å². The number of hydrogen-bond acceptors (Lipinski definition) is 3. The normalized spacial score (nSPS) is 16.0. The molecule has 0 amide bonds. The highest BCUT2D eigenvalue weighted by Gasteiger charge is 2.20. The molecule has 1 saturated heterocycles. The fourth-order valence-corrected chi connectivity index (χ4v) is 1.91. The molecule has 0 aliphatic carbocycles. The lowest BCUT2D eigenvalue weighted by Crippen LogP contribution is -2.24. The summed E-state index contributed by atoms with van der Waals surface area (Å²) in [4.78, 5) is 0. The molecule has 1 aromatic heterocycles. The van der Waals surface area contributed by atoms with E-state index in [1.807, 2.05) is 6.07 Å². The molecule has 82 valence electrons. The predicted octanol–water partition coefficient (Wildman–Crippen LogP) is 1.77. The van der Waals surface area contributed by atoms with Crippen LogP contribution in [0.15, 0.2) is 30.5 Å². The first-order valence-electron chi connectivity index (χ1n) is 5.31. The molecule has 1 aliphatic rings. The second-order valence-corrected chi connectivity index (χ2v) is 4.06. The van der Waals surface area contributed by atoms with Crippen molar-refractivity contribution in [3.63, 3.8) is 0 Å². The average Bonchev–Trinajstić information content (AvgIpc) is 2.62. The second-order valence-electron chi connectivity index (χ2n) is 4.06. The standard InChI is InChI=1S/C12H13N3O/c13-12-11(5-14-15-12)9-3-1-2-8(4-9)10-6-16-7-10/h1-5,10H,6-7H2,(H3,13,14,15). The number of rotatable bonds is 2. The van der Waals surface area contributed by atoms with Crippen molar-refractivity contribution in [2.24, 2.45) is 0 Å². The van der Waals surface area contributed by atoms with E-state index >= 15 is 0 Å². The van der Waals surface area contributed by atoms with Gasteiger partial charge in [-0.15, -0.1) is 0 Å². The van der Waals surface area contributed by atoms with Crippen LogP contribution >= 0.6 is 0 Å². The van der Waals surface area contributed by atoms with Crippen LogP contribution in [0.2, 0.25) is 0 Å². The number of aromatic nitrogens is 2. The van der Waals surface area contributed by atoms with Gasteiger partial charge in [0.2, 0.25) is 0 Å². The Morgan fingerprint density at radius 1 is 1.38 bits per heavy atom. The molecule has 2 heterocycles. The smallest absolute Gasteiger partial charge is 0.126 e. The Kier molecular flexibility index (Phi) is 2.15. The summed E-state index contributed by atoms with van der Waals surface area (Å²) in [5.74, 6) is 1.15. The Morgan fingerprint density at radius 2 is 2.25 bits per heavy atom. The maximum atomic E-state index is 5.80. The number of nitrogens with one attached hydrogen (secondary N) is 1. The Bertz CT molecular complexity index is 502. The summed E-state index contributed by atoms with van der Waals surface area (Å²) in [6.07, 6.45) is 1.76. The maximum absolute atomic E-state index is 5.80. The molecule has 1 aromatic carbocycles. The molecule has 16 heavy (non-hydrogen) atoms. The van der Waals surface area contributed by atoms with Gasteiger partial charge in [0.05, 0.1) is 19.4 Å². The van der Waals surface area contributed by atoms with Crippen molar-refractivity contribution in [2.45, 2.75) is 5.92 Å². The fourth-order valence-electron chi connectivity index (χ4n) is 1.91. The highest BCUT2D eigenvalue weighted by Crippen LogP contribution is 2.29. The molecule has 3 rings (SSSR count). The van der Waals surface area contributed by atoms with Crippen molar-refractivity contribution in [1.82, 2.24) is 10.2 Å². The number of benzene rings is 1. The third kappa shape index (κ3) is 1.47. The molecule has 0 radical (unpaired) electrons. The minimum absolute atomic E-state index is 0.535. The number of nitrogen functional groups attached to an aromatic ring is 1. The Balaban J connectivity index is 1.98. The maximum Gasteiger partial charge on any atom is 0.126 e. The number of nitrogens with two attached hydrogens (primary N) is 1. The summed E-state index contributed by atoms with van der Waals surface area (Å²) in [5.41, 5.74) is 9.18. The number of ether oxygens (including phenoxy) is 1. The lowest BCUT2D eigenvalue weighted by Gasteiger charge is -2.26. The third-order valence-electron chi connectivity index (χ3n) is 2.98. The lowest BCUT2D eigenvalue weighted by atomic mass is 9.94. The molecule has 2 aromatic rings. The molecule has 0 bridgehead atoms. The number of H-pyrrole nitrogens is 1. The zero-order valence-corrected chi connectivity index (χ0v) is 8.81. The van der Waals surface area contributed by atoms with Gasteiger partial charge < -0.3 is 10.5 Å². The Hall–Kier alpha value is -1.81. The molecule has 0 atom stereocenters. The topological polar surface area (TPSA) is 63.9 Å². The van der Waals surface area contributed by atoms with Gasteiger partial charge >= 0.3 is 0 Å². The van der Waals surface area contributed by atoms with Crippen LogP contribution in [0.4, 0.5) is 5.82 Å². The lowest BCUT2D eigenvalue weighted by molar-refractivity contribution is 0.00844. The van der Waals surface area contributed by atoms with Crippen molar-refractivity contribution >= 4 is 5.82 Å². The van der Waals surface area contributed by atoms with Crippen LogP contribution in [0.1, 0.15) is 11.5 Å². The molecule has 0 unspecified atom stereocenters. The quantitative estimate of drug-likeness (QED) is 0.802. The zero-order valence-electron chi connectivity index (χ0n) is 8.81. The van der Waals surface area contributed by atoms with Crippen molar-refractivity contribution in [3.05, 3.63) is 36.0 Å². The van der Waals surface area contributed by atoms with Crippen LogP contribution in [-0.4, -0.2) is 23.4 Å². The highest BCUT2D eigenvalue weighted by atomic mass is 16.5. The Labute approximate surface area is 93.4 Å². The van der Waals surface area contributed by atoms with Crippen LogP contribution in [0, 0.1) is 0 Å². The molecular weight excluding hydrogens is 202 g/mol. The summed E-state index contributed by atoms with van der Waals surface area (Å²) >= 11 is 0. The fraction of sp³-hybridized carbons (Fsp3) is 0.250.